The van der Waals surface area contributed by atoms with Crippen molar-refractivity contribution in [1.82, 2.24) is 10.6 Å². The molecule has 0 unspecified atom stereocenters. The molecule has 0 aliphatic rings. The SMILES string of the molecule is CCN[C@@](C)(CS)CC[C@@](C)(CS)CNC. The molecule has 2 atom stereocenters. The summed E-state index contributed by atoms with van der Waals surface area (Å²) in [5, 5.41) is 6.78. The number of hydrogen-bond acceptors (Lipinski definition) is 4. The Kier molecular flexibility index (Phi) is 8.16. The van der Waals surface area contributed by atoms with Crippen LogP contribution in [0.4, 0.5) is 0 Å². The molecule has 0 radical (unpaired) electrons. The summed E-state index contributed by atoms with van der Waals surface area (Å²) in [6.07, 6.45) is 2.31. The molecule has 4 heteroatoms. The van der Waals surface area contributed by atoms with Gasteiger partial charge in [0.1, 0.15) is 0 Å². The van der Waals surface area contributed by atoms with Crippen molar-refractivity contribution in [3.63, 3.8) is 0 Å². The molecule has 0 spiro atoms. The Morgan fingerprint density at radius 3 is 2.06 bits per heavy atom. The summed E-state index contributed by atoms with van der Waals surface area (Å²) in [5.74, 6) is 1.80. The van der Waals surface area contributed by atoms with E-state index in [-0.39, 0.29) is 11.0 Å². The summed E-state index contributed by atoms with van der Waals surface area (Å²) in [5.41, 5.74) is 0.424. The Morgan fingerprint density at radius 2 is 1.69 bits per heavy atom. The molecule has 98 valence electrons. The van der Waals surface area contributed by atoms with Gasteiger partial charge in [-0.05, 0) is 44.5 Å². The minimum Gasteiger partial charge on any atom is -0.319 e. The minimum atomic E-state index is 0.149. The van der Waals surface area contributed by atoms with E-state index in [1.807, 2.05) is 7.05 Å². The predicted molar refractivity (Wildman–Crippen MR) is 81.1 cm³/mol. The van der Waals surface area contributed by atoms with Crippen LogP contribution in [0.2, 0.25) is 0 Å². The highest BCUT2D eigenvalue weighted by Crippen LogP contribution is 2.28. The van der Waals surface area contributed by atoms with Crippen molar-refractivity contribution in [2.75, 3.05) is 31.6 Å². The van der Waals surface area contributed by atoms with Crippen molar-refractivity contribution in [2.24, 2.45) is 5.41 Å². The van der Waals surface area contributed by atoms with Crippen LogP contribution >= 0.6 is 25.3 Å². The van der Waals surface area contributed by atoms with Crippen LogP contribution in [0.3, 0.4) is 0 Å². The Balaban J connectivity index is 4.26. The van der Waals surface area contributed by atoms with Gasteiger partial charge in [-0.2, -0.15) is 25.3 Å². The maximum Gasteiger partial charge on any atom is 0.0241 e. The quantitative estimate of drug-likeness (QED) is 0.480. The number of hydrogen-bond donors (Lipinski definition) is 4. The van der Waals surface area contributed by atoms with E-state index in [4.69, 9.17) is 0 Å². The fourth-order valence-electron chi connectivity index (χ4n) is 1.88. The number of nitrogens with one attached hydrogen (secondary N) is 2. The molecule has 0 rings (SSSR count). The maximum atomic E-state index is 4.47. The lowest BCUT2D eigenvalue weighted by atomic mass is 9.82. The van der Waals surface area contributed by atoms with E-state index in [2.05, 4.69) is 56.7 Å². The van der Waals surface area contributed by atoms with Gasteiger partial charge in [-0.15, -0.1) is 0 Å². The van der Waals surface area contributed by atoms with Gasteiger partial charge >= 0.3 is 0 Å². The molecule has 0 saturated carbocycles. The second-order valence-corrected chi connectivity index (χ2v) is 5.88. The summed E-state index contributed by atoms with van der Waals surface area (Å²) in [7, 11) is 2.00. The largest absolute Gasteiger partial charge is 0.319 e. The molecule has 0 aliphatic carbocycles. The normalized spacial score (nSPS) is 19.1. The van der Waals surface area contributed by atoms with Crippen LogP contribution in [0.5, 0.6) is 0 Å². The standard InChI is InChI=1S/C12H28N2S2/c1-5-14-12(3,10-16)7-6-11(2,9-15)8-13-4/h13-16H,5-10H2,1-4H3/t11-,12-/m1/s1. The zero-order valence-electron chi connectivity index (χ0n) is 11.1. The third-order valence-electron chi connectivity index (χ3n) is 3.22. The van der Waals surface area contributed by atoms with Crippen LogP contribution in [0.25, 0.3) is 0 Å². The van der Waals surface area contributed by atoms with Gasteiger partial charge in [0.15, 0.2) is 0 Å². The summed E-state index contributed by atoms with van der Waals surface area (Å²) in [4.78, 5) is 0. The van der Waals surface area contributed by atoms with Crippen molar-refractivity contribution in [1.29, 1.82) is 0 Å². The number of rotatable bonds is 9. The summed E-state index contributed by atoms with van der Waals surface area (Å²) >= 11 is 8.92. The van der Waals surface area contributed by atoms with E-state index < -0.39 is 0 Å². The average Bonchev–Trinajstić information content (AvgIpc) is 2.27. The highest BCUT2D eigenvalue weighted by atomic mass is 32.1. The summed E-state index contributed by atoms with van der Waals surface area (Å²) in [6, 6.07) is 0. The van der Waals surface area contributed by atoms with Crippen molar-refractivity contribution >= 4 is 25.3 Å². The van der Waals surface area contributed by atoms with Crippen molar-refractivity contribution in [3.8, 4) is 0 Å². The Hall–Kier alpha value is 0.620. The molecule has 0 saturated heterocycles. The first kappa shape index (κ1) is 16.6. The van der Waals surface area contributed by atoms with E-state index in [0.29, 0.717) is 0 Å². The molecule has 0 aromatic rings. The van der Waals surface area contributed by atoms with E-state index in [0.717, 1.165) is 31.0 Å². The lowest BCUT2D eigenvalue weighted by Crippen LogP contribution is -2.45. The summed E-state index contributed by atoms with van der Waals surface area (Å²) < 4.78 is 0. The second-order valence-electron chi connectivity index (χ2n) is 5.25. The van der Waals surface area contributed by atoms with Gasteiger partial charge in [-0.3, -0.25) is 0 Å². The van der Waals surface area contributed by atoms with Gasteiger partial charge < -0.3 is 10.6 Å². The van der Waals surface area contributed by atoms with Gasteiger partial charge in [0, 0.05) is 17.8 Å². The topological polar surface area (TPSA) is 24.1 Å². The zero-order valence-corrected chi connectivity index (χ0v) is 12.9. The van der Waals surface area contributed by atoms with Gasteiger partial charge in [-0.1, -0.05) is 13.8 Å². The second kappa shape index (κ2) is 7.85. The predicted octanol–water partition coefficient (Wildman–Crippen LogP) is 2.22. The minimum absolute atomic E-state index is 0.149. The molecule has 0 heterocycles. The fraction of sp³-hybridized carbons (Fsp3) is 1.00. The molecule has 0 bridgehead atoms. The van der Waals surface area contributed by atoms with E-state index in [1.165, 1.54) is 6.42 Å². The van der Waals surface area contributed by atoms with E-state index in [1.54, 1.807) is 0 Å². The van der Waals surface area contributed by atoms with Crippen LogP contribution < -0.4 is 10.6 Å². The first-order valence-electron chi connectivity index (χ1n) is 6.06. The molecule has 0 aliphatic heterocycles. The summed E-state index contributed by atoms with van der Waals surface area (Å²) in [6.45, 7) is 8.71. The van der Waals surface area contributed by atoms with Crippen molar-refractivity contribution in [2.45, 2.75) is 39.2 Å². The molecule has 2 nitrogen and oxygen atoms in total. The monoisotopic (exact) mass is 264 g/mol. The lowest BCUT2D eigenvalue weighted by molar-refractivity contribution is 0.267. The Morgan fingerprint density at radius 1 is 1.06 bits per heavy atom. The molecule has 0 aromatic carbocycles. The highest BCUT2D eigenvalue weighted by molar-refractivity contribution is 7.80. The van der Waals surface area contributed by atoms with Crippen LogP contribution in [0, 0.1) is 5.41 Å². The van der Waals surface area contributed by atoms with Gasteiger partial charge in [0.25, 0.3) is 0 Å². The molecule has 2 N–H and O–H groups in total. The van der Waals surface area contributed by atoms with Crippen molar-refractivity contribution < 1.29 is 0 Å². The molecular weight excluding hydrogens is 236 g/mol. The fourth-order valence-corrected chi connectivity index (χ4v) is 2.42. The van der Waals surface area contributed by atoms with Gasteiger partial charge in [0.05, 0.1) is 0 Å². The van der Waals surface area contributed by atoms with E-state index in [9.17, 15) is 0 Å². The molecule has 0 amide bonds. The first-order chi connectivity index (χ1) is 7.45. The average molecular weight is 265 g/mol. The van der Waals surface area contributed by atoms with Crippen LogP contribution in [0.15, 0.2) is 0 Å². The maximum absolute atomic E-state index is 4.47. The Labute approximate surface area is 112 Å². The van der Waals surface area contributed by atoms with E-state index >= 15 is 0 Å². The Bertz CT molecular complexity index is 170. The first-order valence-corrected chi connectivity index (χ1v) is 7.33. The zero-order chi connectivity index (χ0) is 12.7. The van der Waals surface area contributed by atoms with Gasteiger partial charge in [0.2, 0.25) is 0 Å². The smallest absolute Gasteiger partial charge is 0.0241 e. The molecular formula is C12H28N2S2. The van der Waals surface area contributed by atoms with Crippen LogP contribution in [-0.2, 0) is 0 Å². The van der Waals surface area contributed by atoms with Gasteiger partial charge in [-0.25, -0.2) is 0 Å². The van der Waals surface area contributed by atoms with Crippen LogP contribution in [0.1, 0.15) is 33.6 Å². The number of thiol groups is 2. The highest BCUT2D eigenvalue weighted by Gasteiger charge is 2.28. The molecule has 0 fully saturated rings. The van der Waals surface area contributed by atoms with Crippen LogP contribution in [-0.4, -0.2) is 37.2 Å². The van der Waals surface area contributed by atoms with Crippen molar-refractivity contribution in [3.05, 3.63) is 0 Å². The lowest BCUT2D eigenvalue weighted by Gasteiger charge is -2.35. The third kappa shape index (κ3) is 5.80. The third-order valence-corrected chi connectivity index (χ3v) is 4.68. The molecule has 16 heavy (non-hydrogen) atoms. The molecule has 0 aromatic heterocycles.